The Hall–Kier alpha value is -0.0600. The fourth-order valence-electron chi connectivity index (χ4n) is 1.73. The molecule has 0 amide bonds. The zero-order chi connectivity index (χ0) is 10.7. The van der Waals surface area contributed by atoms with E-state index in [-0.39, 0.29) is 0 Å². The fraction of sp³-hybridized carbons (Fsp3) is 0.727. The Labute approximate surface area is 99.7 Å². The van der Waals surface area contributed by atoms with Crippen molar-refractivity contribution in [1.82, 2.24) is 4.98 Å². The van der Waals surface area contributed by atoms with Crippen molar-refractivity contribution in [3.8, 4) is 0 Å². The van der Waals surface area contributed by atoms with Crippen LogP contribution in [0.3, 0.4) is 0 Å². The molecule has 4 heteroatoms. The van der Waals surface area contributed by atoms with Crippen LogP contribution in [0.5, 0.6) is 0 Å². The van der Waals surface area contributed by atoms with E-state index in [0.717, 1.165) is 6.54 Å². The van der Waals surface area contributed by atoms with Gasteiger partial charge in [-0.3, -0.25) is 0 Å². The molecule has 1 aromatic rings. The molecule has 0 saturated carbocycles. The van der Waals surface area contributed by atoms with Crippen LogP contribution in [0.4, 0.5) is 0 Å². The average molecular weight is 242 g/mol. The summed E-state index contributed by atoms with van der Waals surface area (Å²) in [5, 5.41) is 1.97. The maximum absolute atomic E-state index is 5.67. The Morgan fingerprint density at radius 3 is 3.13 bits per heavy atom. The smallest absolute Gasteiger partial charge is 0.106 e. The summed E-state index contributed by atoms with van der Waals surface area (Å²) in [6.07, 6.45) is 6.05. The van der Waals surface area contributed by atoms with Crippen LogP contribution in [0.25, 0.3) is 0 Å². The van der Waals surface area contributed by atoms with E-state index in [9.17, 15) is 0 Å². The molecule has 0 bridgehead atoms. The number of nitrogens with zero attached hydrogens (tertiary/aromatic N) is 1. The molecule has 1 aliphatic rings. The highest BCUT2D eigenvalue weighted by molar-refractivity contribution is 7.99. The molecule has 2 rings (SSSR count). The van der Waals surface area contributed by atoms with Gasteiger partial charge in [-0.25, -0.2) is 4.98 Å². The van der Waals surface area contributed by atoms with E-state index < -0.39 is 0 Å². The molecule has 1 saturated heterocycles. The molecule has 15 heavy (non-hydrogen) atoms. The second-order valence-corrected chi connectivity index (χ2v) is 6.50. The Morgan fingerprint density at radius 2 is 2.47 bits per heavy atom. The summed E-state index contributed by atoms with van der Waals surface area (Å²) in [5.41, 5.74) is 5.67. The first-order valence-electron chi connectivity index (χ1n) is 5.58. The van der Waals surface area contributed by atoms with Gasteiger partial charge in [0, 0.05) is 17.0 Å². The van der Waals surface area contributed by atoms with Gasteiger partial charge in [-0.05, 0) is 25.1 Å². The van der Waals surface area contributed by atoms with E-state index in [4.69, 9.17) is 5.73 Å². The minimum absolute atomic E-state index is 0.463. The van der Waals surface area contributed by atoms with Crippen LogP contribution in [0.2, 0.25) is 0 Å². The molecule has 1 aromatic heterocycles. The molecule has 1 aliphatic heterocycles. The minimum Gasteiger partial charge on any atom is -0.330 e. The van der Waals surface area contributed by atoms with E-state index in [1.54, 1.807) is 0 Å². The predicted octanol–water partition coefficient (Wildman–Crippen LogP) is 3.16. The van der Waals surface area contributed by atoms with E-state index in [1.165, 1.54) is 34.9 Å². The number of rotatable bonds is 3. The lowest BCUT2D eigenvalue weighted by molar-refractivity contribution is 0.683. The van der Waals surface area contributed by atoms with Crippen molar-refractivity contribution >= 4 is 23.1 Å². The summed E-state index contributed by atoms with van der Waals surface area (Å²) in [5.74, 6) is 1.76. The van der Waals surface area contributed by atoms with E-state index >= 15 is 0 Å². The van der Waals surface area contributed by atoms with Gasteiger partial charge in [-0.2, -0.15) is 11.8 Å². The molecule has 1 fully saturated rings. The van der Waals surface area contributed by atoms with Gasteiger partial charge in [0.25, 0.3) is 0 Å². The first-order valence-corrected chi connectivity index (χ1v) is 7.45. The van der Waals surface area contributed by atoms with Crippen LogP contribution >= 0.6 is 23.1 Å². The van der Waals surface area contributed by atoms with Crippen molar-refractivity contribution in [2.45, 2.75) is 37.4 Å². The largest absolute Gasteiger partial charge is 0.330 e. The molecule has 2 atom stereocenters. The zero-order valence-electron chi connectivity index (χ0n) is 9.11. The van der Waals surface area contributed by atoms with Crippen molar-refractivity contribution in [2.75, 3.05) is 12.3 Å². The van der Waals surface area contributed by atoms with E-state index in [2.05, 4.69) is 23.7 Å². The third kappa shape index (κ3) is 2.74. The second kappa shape index (κ2) is 5.32. The maximum Gasteiger partial charge on any atom is 0.106 e. The van der Waals surface area contributed by atoms with Crippen LogP contribution < -0.4 is 5.73 Å². The molecule has 84 valence electrons. The van der Waals surface area contributed by atoms with Gasteiger partial charge in [0.2, 0.25) is 0 Å². The van der Waals surface area contributed by atoms with E-state index in [0.29, 0.717) is 11.2 Å². The second-order valence-electron chi connectivity index (χ2n) is 4.09. The summed E-state index contributed by atoms with van der Waals surface area (Å²) >= 11 is 3.93. The molecule has 2 nitrogen and oxygen atoms in total. The number of thioether (sulfide) groups is 1. The zero-order valence-corrected chi connectivity index (χ0v) is 10.7. The number of aromatic nitrogens is 1. The molecular formula is C11H18N2S2. The van der Waals surface area contributed by atoms with Crippen molar-refractivity contribution in [2.24, 2.45) is 5.73 Å². The van der Waals surface area contributed by atoms with Crippen LogP contribution in [-0.4, -0.2) is 17.3 Å². The quantitative estimate of drug-likeness (QED) is 0.885. The number of nitrogens with two attached hydrogens (primary N) is 1. The summed E-state index contributed by atoms with van der Waals surface area (Å²) in [6.45, 7) is 2.89. The lowest BCUT2D eigenvalue weighted by Crippen LogP contribution is -2.07. The summed E-state index contributed by atoms with van der Waals surface area (Å²) in [6, 6.07) is 0. The van der Waals surface area contributed by atoms with Crippen molar-refractivity contribution in [1.29, 1.82) is 0 Å². The van der Waals surface area contributed by atoms with Crippen molar-refractivity contribution in [3.05, 3.63) is 16.1 Å². The fourth-order valence-corrected chi connectivity index (χ4v) is 4.27. The molecule has 2 unspecified atom stereocenters. The van der Waals surface area contributed by atoms with Gasteiger partial charge in [0.1, 0.15) is 5.01 Å². The molecule has 0 spiro atoms. The van der Waals surface area contributed by atoms with Crippen LogP contribution in [0, 0.1) is 0 Å². The molecule has 0 radical (unpaired) electrons. The van der Waals surface area contributed by atoms with Crippen molar-refractivity contribution < 1.29 is 0 Å². The standard InChI is InChI=1S/C11H18N2S2/c1-8(6-12)10-7-13-11(15-10)9-4-2-3-5-14-9/h7-9H,2-6,12H2,1H3. The molecule has 2 N–H and O–H groups in total. The minimum atomic E-state index is 0.463. The first kappa shape index (κ1) is 11.4. The SMILES string of the molecule is CC(CN)c1cnc(C2CCCCS2)s1. The van der Waals surface area contributed by atoms with Crippen LogP contribution in [0.1, 0.15) is 47.2 Å². The average Bonchev–Trinajstić information content (AvgIpc) is 2.78. The first-order chi connectivity index (χ1) is 7.31. The van der Waals surface area contributed by atoms with E-state index in [1.807, 2.05) is 17.5 Å². The lowest BCUT2D eigenvalue weighted by Gasteiger charge is -2.18. The highest BCUT2D eigenvalue weighted by Gasteiger charge is 2.20. The monoisotopic (exact) mass is 242 g/mol. The number of hydrogen-bond donors (Lipinski definition) is 1. The Kier molecular flexibility index (Phi) is 4.05. The highest BCUT2D eigenvalue weighted by atomic mass is 32.2. The lowest BCUT2D eigenvalue weighted by atomic mass is 10.1. The van der Waals surface area contributed by atoms with Gasteiger partial charge < -0.3 is 5.73 Å². The van der Waals surface area contributed by atoms with Crippen molar-refractivity contribution in [3.63, 3.8) is 0 Å². The predicted molar refractivity (Wildman–Crippen MR) is 68.6 cm³/mol. The van der Waals surface area contributed by atoms with Crippen LogP contribution in [0.15, 0.2) is 6.20 Å². The Balaban J connectivity index is 2.05. The van der Waals surface area contributed by atoms with Gasteiger partial charge in [-0.1, -0.05) is 13.3 Å². The molecular weight excluding hydrogens is 224 g/mol. The third-order valence-electron chi connectivity index (χ3n) is 2.84. The third-order valence-corrected chi connectivity index (χ3v) is 5.71. The highest BCUT2D eigenvalue weighted by Crippen LogP contribution is 2.40. The summed E-state index contributed by atoms with van der Waals surface area (Å²) in [7, 11) is 0. The topological polar surface area (TPSA) is 38.9 Å². The number of thiazole rings is 1. The molecule has 0 aromatic carbocycles. The normalized spacial score (nSPS) is 24.0. The van der Waals surface area contributed by atoms with Gasteiger partial charge in [-0.15, -0.1) is 11.3 Å². The molecule has 2 heterocycles. The molecule has 0 aliphatic carbocycles. The Bertz CT molecular complexity index is 305. The van der Waals surface area contributed by atoms with Gasteiger partial charge in [0.05, 0.1) is 5.25 Å². The maximum atomic E-state index is 5.67. The van der Waals surface area contributed by atoms with Crippen LogP contribution in [-0.2, 0) is 0 Å². The van der Waals surface area contributed by atoms with Gasteiger partial charge in [0.15, 0.2) is 0 Å². The summed E-state index contributed by atoms with van der Waals surface area (Å²) < 4.78 is 0. The number of hydrogen-bond acceptors (Lipinski definition) is 4. The van der Waals surface area contributed by atoms with Gasteiger partial charge >= 0.3 is 0 Å². The summed E-state index contributed by atoms with van der Waals surface area (Å²) in [4.78, 5) is 5.90. The Morgan fingerprint density at radius 1 is 1.60 bits per heavy atom.